The third kappa shape index (κ3) is 5.23. The molecular formula is C13H17NO3S. The molecule has 18 heavy (non-hydrogen) atoms. The summed E-state index contributed by atoms with van der Waals surface area (Å²) in [6.07, 6.45) is 0. The van der Waals surface area contributed by atoms with Gasteiger partial charge >= 0.3 is 5.97 Å². The van der Waals surface area contributed by atoms with Crippen molar-refractivity contribution in [2.45, 2.75) is 25.6 Å². The number of thioether (sulfide) groups is 1. The quantitative estimate of drug-likeness (QED) is 0.825. The van der Waals surface area contributed by atoms with Crippen LogP contribution >= 0.6 is 11.8 Å². The highest BCUT2D eigenvalue weighted by Gasteiger charge is 2.13. The highest BCUT2D eigenvalue weighted by Crippen LogP contribution is 2.13. The van der Waals surface area contributed by atoms with E-state index >= 15 is 0 Å². The first-order valence-electron chi connectivity index (χ1n) is 5.64. The Balaban J connectivity index is 2.29. The SMILES string of the molecule is Cc1cccc(CSCC(=O)N[C@@H](C)C(=O)O)c1. The second-order valence-electron chi connectivity index (χ2n) is 4.11. The first kappa shape index (κ1) is 14.6. The highest BCUT2D eigenvalue weighted by atomic mass is 32.2. The zero-order chi connectivity index (χ0) is 13.5. The Kier molecular flexibility index (Phi) is 5.71. The second-order valence-corrected chi connectivity index (χ2v) is 5.09. The van der Waals surface area contributed by atoms with Crippen LogP contribution in [0.5, 0.6) is 0 Å². The molecule has 0 aromatic heterocycles. The van der Waals surface area contributed by atoms with Crippen molar-refractivity contribution in [2.24, 2.45) is 0 Å². The van der Waals surface area contributed by atoms with Gasteiger partial charge in [-0.2, -0.15) is 0 Å². The standard InChI is InChI=1S/C13H17NO3S/c1-9-4-3-5-11(6-9)7-18-8-12(15)14-10(2)13(16)17/h3-6,10H,7-8H2,1-2H3,(H,14,15)(H,16,17)/t10-/m0/s1. The number of hydrogen-bond donors (Lipinski definition) is 2. The fourth-order valence-corrected chi connectivity index (χ4v) is 2.19. The third-order valence-corrected chi connectivity index (χ3v) is 3.34. The summed E-state index contributed by atoms with van der Waals surface area (Å²) < 4.78 is 0. The molecule has 0 saturated carbocycles. The molecule has 1 rings (SSSR count). The van der Waals surface area contributed by atoms with Crippen LogP contribution in [0.25, 0.3) is 0 Å². The van der Waals surface area contributed by atoms with E-state index in [2.05, 4.69) is 11.4 Å². The Morgan fingerprint density at radius 3 is 2.78 bits per heavy atom. The number of hydrogen-bond acceptors (Lipinski definition) is 3. The van der Waals surface area contributed by atoms with Crippen LogP contribution in [0.1, 0.15) is 18.1 Å². The van der Waals surface area contributed by atoms with Crippen LogP contribution in [-0.2, 0) is 15.3 Å². The molecule has 5 heteroatoms. The van der Waals surface area contributed by atoms with Crippen molar-refractivity contribution in [2.75, 3.05) is 5.75 Å². The lowest BCUT2D eigenvalue weighted by atomic mass is 10.2. The molecule has 0 heterocycles. The van der Waals surface area contributed by atoms with Gasteiger partial charge in [-0.25, -0.2) is 0 Å². The van der Waals surface area contributed by atoms with Crippen molar-refractivity contribution in [1.29, 1.82) is 0 Å². The largest absolute Gasteiger partial charge is 0.480 e. The molecule has 1 aromatic carbocycles. The molecule has 1 atom stereocenters. The van der Waals surface area contributed by atoms with Crippen molar-refractivity contribution < 1.29 is 14.7 Å². The fraction of sp³-hybridized carbons (Fsp3) is 0.385. The number of aliphatic carboxylic acids is 1. The maximum atomic E-state index is 11.4. The Hall–Kier alpha value is -1.49. The number of carbonyl (C=O) groups is 2. The normalized spacial score (nSPS) is 11.9. The smallest absolute Gasteiger partial charge is 0.325 e. The molecule has 0 aliphatic rings. The van der Waals surface area contributed by atoms with Gasteiger partial charge in [-0.1, -0.05) is 29.8 Å². The van der Waals surface area contributed by atoms with E-state index < -0.39 is 12.0 Å². The van der Waals surface area contributed by atoms with Gasteiger partial charge in [0.25, 0.3) is 0 Å². The monoisotopic (exact) mass is 267 g/mol. The summed E-state index contributed by atoms with van der Waals surface area (Å²) in [6, 6.07) is 7.26. The van der Waals surface area contributed by atoms with Gasteiger partial charge in [0.05, 0.1) is 5.75 Å². The number of carboxylic acids is 1. The lowest BCUT2D eigenvalue weighted by Crippen LogP contribution is -2.39. The Labute approximate surface area is 111 Å². The molecule has 1 amide bonds. The number of carboxylic acid groups (broad SMARTS) is 1. The summed E-state index contributed by atoms with van der Waals surface area (Å²) in [5, 5.41) is 11.1. The van der Waals surface area contributed by atoms with E-state index in [1.807, 2.05) is 25.1 Å². The average Bonchev–Trinajstić information content (AvgIpc) is 2.28. The van der Waals surface area contributed by atoms with E-state index in [1.165, 1.54) is 29.8 Å². The summed E-state index contributed by atoms with van der Waals surface area (Å²) >= 11 is 1.47. The molecule has 0 unspecified atom stereocenters. The van der Waals surface area contributed by atoms with E-state index in [4.69, 9.17) is 5.11 Å². The van der Waals surface area contributed by atoms with Gasteiger partial charge in [0.1, 0.15) is 6.04 Å². The minimum Gasteiger partial charge on any atom is -0.480 e. The van der Waals surface area contributed by atoms with Crippen LogP contribution in [0.15, 0.2) is 24.3 Å². The van der Waals surface area contributed by atoms with Gasteiger partial charge in [-0.3, -0.25) is 9.59 Å². The number of nitrogens with one attached hydrogen (secondary N) is 1. The molecule has 4 nitrogen and oxygen atoms in total. The zero-order valence-electron chi connectivity index (χ0n) is 10.5. The molecule has 0 bridgehead atoms. The summed E-state index contributed by atoms with van der Waals surface area (Å²) in [6.45, 7) is 3.47. The number of aryl methyl sites for hydroxylation is 1. The number of amides is 1. The molecule has 0 saturated heterocycles. The third-order valence-electron chi connectivity index (χ3n) is 2.33. The van der Waals surface area contributed by atoms with Crippen LogP contribution in [0.3, 0.4) is 0 Å². The summed E-state index contributed by atoms with van der Waals surface area (Å²) in [5.74, 6) is -0.253. The maximum Gasteiger partial charge on any atom is 0.325 e. The molecule has 98 valence electrons. The molecule has 0 aliphatic carbocycles. The Morgan fingerprint density at radius 1 is 1.44 bits per heavy atom. The minimum absolute atomic E-state index is 0.248. The molecule has 0 radical (unpaired) electrons. The molecule has 0 fully saturated rings. The van der Waals surface area contributed by atoms with Gasteiger partial charge in [0.2, 0.25) is 5.91 Å². The van der Waals surface area contributed by atoms with Crippen LogP contribution in [-0.4, -0.2) is 28.8 Å². The highest BCUT2D eigenvalue weighted by molar-refractivity contribution is 7.99. The first-order chi connectivity index (χ1) is 8.49. The number of rotatable bonds is 6. The van der Waals surface area contributed by atoms with E-state index in [0.29, 0.717) is 0 Å². The lowest BCUT2D eigenvalue weighted by Gasteiger charge is -2.09. The van der Waals surface area contributed by atoms with Crippen molar-refractivity contribution in [3.63, 3.8) is 0 Å². The maximum absolute atomic E-state index is 11.4. The van der Waals surface area contributed by atoms with Gasteiger partial charge in [-0.15, -0.1) is 11.8 Å². The summed E-state index contributed by atoms with van der Waals surface area (Å²) in [4.78, 5) is 22.0. The average molecular weight is 267 g/mol. The zero-order valence-corrected chi connectivity index (χ0v) is 11.3. The van der Waals surface area contributed by atoms with Crippen molar-refractivity contribution in [3.8, 4) is 0 Å². The van der Waals surface area contributed by atoms with Gasteiger partial charge < -0.3 is 10.4 Å². The first-order valence-corrected chi connectivity index (χ1v) is 6.80. The topological polar surface area (TPSA) is 66.4 Å². The number of benzene rings is 1. The van der Waals surface area contributed by atoms with E-state index in [9.17, 15) is 9.59 Å². The Morgan fingerprint density at radius 2 is 2.17 bits per heavy atom. The van der Waals surface area contributed by atoms with Gasteiger partial charge in [0.15, 0.2) is 0 Å². The summed E-state index contributed by atoms with van der Waals surface area (Å²) in [5.41, 5.74) is 2.36. The predicted molar refractivity (Wildman–Crippen MR) is 72.6 cm³/mol. The van der Waals surface area contributed by atoms with Crippen molar-refractivity contribution in [1.82, 2.24) is 5.32 Å². The van der Waals surface area contributed by atoms with Crippen LogP contribution in [0, 0.1) is 6.92 Å². The van der Waals surface area contributed by atoms with Crippen LogP contribution in [0.2, 0.25) is 0 Å². The van der Waals surface area contributed by atoms with Gasteiger partial charge in [0, 0.05) is 5.75 Å². The van der Waals surface area contributed by atoms with Crippen LogP contribution in [0.4, 0.5) is 0 Å². The molecule has 0 aliphatic heterocycles. The summed E-state index contributed by atoms with van der Waals surface area (Å²) in [7, 11) is 0. The van der Waals surface area contributed by atoms with E-state index in [1.54, 1.807) is 0 Å². The fourth-order valence-electron chi connectivity index (χ4n) is 1.41. The van der Waals surface area contributed by atoms with Crippen LogP contribution < -0.4 is 5.32 Å². The molecular weight excluding hydrogens is 250 g/mol. The number of carbonyl (C=O) groups excluding carboxylic acids is 1. The van der Waals surface area contributed by atoms with Gasteiger partial charge in [-0.05, 0) is 19.4 Å². The molecule has 2 N–H and O–H groups in total. The molecule has 1 aromatic rings. The molecule has 0 spiro atoms. The Bertz CT molecular complexity index is 434. The van der Waals surface area contributed by atoms with E-state index in [-0.39, 0.29) is 11.7 Å². The van der Waals surface area contributed by atoms with Crippen molar-refractivity contribution in [3.05, 3.63) is 35.4 Å². The predicted octanol–water partition coefficient (Wildman–Crippen LogP) is 1.82. The minimum atomic E-state index is -1.02. The van der Waals surface area contributed by atoms with Crippen molar-refractivity contribution >= 4 is 23.6 Å². The van der Waals surface area contributed by atoms with E-state index in [0.717, 1.165) is 5.75 Å². The lowest BCUT2D eigenvalue weighted by molar-refractivity contribution is -0.140. The second kappa shape index (κ2) is 7.06.